The molecule has 1 aromatic carbocycles. The Labute approximate surface area is 100 Å². The summed E-state index contributed by atoms with van der Waals surface area (Å²) in [5.41, 5.74) is 0.479. The molecule has 1 aliphatic carbocycles. The van der Waals surface area contributed by atoms with Crippen molar-refractivity contribution in [2.24, 2.45) is 5.14 Å². The van der Waals surface area contributed by atoms with E-state index in [0.717, 1.165) is 12.8 Å². The van der Waals surface area contributed by atoms with E-state index in [4.69, 9.17) is 5.14 Å². The zero-order valence-corrected chi connectivity index (χ0v) is 10.3. The number of rotatable bonds is 3. The molecule has 0 unspecified atom stereocenters. The molecule has 92 valence electrons. The van der Waals surface area contributed by atoms with E-state index < -0.39 is 10.0 Å². The van der Waals surface area contributed by atoms with Crippen molar-refractivity contribution in [3.63, 3.8) is 0 Å². The van der Waals surface area contributed by atoms with Crippen molar-refractivity contribution in [1.29, 1.82) is 0 Å². The summed E-state index contributed by atoms with van der Waals surface area (Å²) in [4.78, 5) is 13.6. The normalized spacial score (nSPS) is 15.6. The fourth-order valence-corrected chi connectivity index (χ4v) is 2.13. The molecule has 1 fully saturated rings. The third kappa shape index (κ3) is 2.65. The number of hydrogen-bond donors (Lipinski definition) is 1. The van der Waals surface area contributed by atoms with Crippen LogP contribution in [-0.4, -0.2) is 32.3 Å². The lowest BCUT2D eigenvalue weighted by molar-refractivity contribution is 0.0785. The number of carbonyl (C=O) groups is 1. The van der Waals surface area contributed by atoms with Gasteiger partial charge in [-0.15, -0.1) is 0 Å². The molecule has 6 heteroatoms. The molecular formula is C11H14N2O3S. The van der Waals surface area contributed by atoms with Crippen LogP contribution in [0, 0.1) is 0 Å². The standard InChI is InChI=1S/C11H14N2O3S/c1-13(9-4-5-9)11(14)8-2-6-10(7-3-8)17(12,15)16/h2-3,6-7,9H,4-5H2,1H3,(H2,12,15,16). The Morgan fingerprint density at radius 1 is 1.29 bits per heavy atom. The van der Waals surface area contributed by atoms with Crippen molar-refractivity contribution in [3.8, 4) is 0 Å². The first kappa shape index (κ1) is 12.1. The van der Waals surface area contributed by atoms with Gasteiger partial charge in [-0.3, -0.25) is 4.79 Å². The van der Waals surface area contributed by atoms with Crippen LogP contribution in [0.25, 0.3) is 0 Å². The number of benzene rings is 1. The van der Waals surface area contributed by atoms with Crippen molar-refractivity contribution < 1.29 is 13.2 Å². The summed E-state index contributed by atoms with van der Waals surface area (Å²) in [7, 11) is -1.94. The van der Waals surface area contributed by atoms with Crippen molar-refractivity contribution in [1.82, 2.24) is 4.90 Å². The summed E-state index contributed by atoms with van der Waals surface area (Å²) in [5.74, 6) is -0.0894. The summed E-state index contributed by atoms with van der Waals surface area (Å²) in [6.45, 7) is 0. The molecule has 0 atom stereocenters. The second-order valence-corrected chi connectivity index (χ2v) is 5.78. The third-order valence-electron chi connectivity index (χ3n) is 2.84. The van der Waals surface area contributed by atoms with E-state index in [9.17, 15) is 13.2 Å². The molecule has 0 saturated heterocycles. The van der Waals surface area contributed by atoms with Crippen LogP contribution in [0.4, 0.5) is 0 Å². The number of sulfonamides is 1. The smallest absolute Gasteiger partial charge is 0.253 e. The highest BCUT2D eigenvalue weighted by Crippen LogP contribution is 2.26. The van der Waals surface area contributed by atoms with Crippen LogP contribution >= 0.6 is 0 Å². The number of primary sulfonamides is 1. The Hall–Kier alpha value is -1.40. The van der Waals surface area contributed by atoms with Crippen molar-refractivity contribution >= 4 is 15.9 Å². The molecule has 1 aromatic rings. The Morgan fingerprint density at radius 3 is 2.24 bits per heavy atom. The minimum absolute atomic E-state index is 0.0168. The summed E-state index contributed by atoms with van der Waals surface area (Å²) in [6.07, 6.45) is 2.08. The van der Waals surface area contributed by atoms with Crippen LogP contribution in [0.2, 0.25) is 0 Å². The Kier molecular flexibility index (Phi) is 2.92. The summed E-state index contributed by atoms with van der Waals surface area (Å²) in [5, 5.41) is 4.98. The summed E-state index contributed by atoms with van der Waals surface area (Å²) >= 11 is 0. The van der Waals surface area contributed by atoms with Gasteiger partial charge in [-0.05, 0) is 37.1 Å². The number of nitrogens with zero attached hydrogens (tertiary/aromatic N) is 1. The molecule has 0 bridgehead atoms. The SMILES string of the molecule is CN(C(=O)c1ccc(S(N)(=O)=O)cc1)C1CC1. The molecule has 0 aliphatic heterocycles. The molecule has 1 aliphatic rings. The van der Waals surface area contributed by atoms with E-state index in [1.807, 2.05) is 0 Å². The van der Waals surface area contributed by atoms with E-state index in [-0.39, 0.29) is 10.8 Å². The van der Waals surface area contributed by atoms with Crippen LogP contribution in [0.3, 0.4) is 0 Å². The first-order valence-corrected chi connectivity index (χ1v) is 6.84. The lowest BCUT2D eigenvalue weighted by Gasteiger charge is -2.16. The monoisotopic (exact) mass is 254 g/mol. The zero-order valence-electron chi connectivity index (χ0n) is 9.46. The maximum atomic E-state index is 11.9. The van der Waals surface area contributed by atoms with Gasteiger partial charge < -0.3 is 4.90 Å². The fraction of sp³-hybridized carbons (Fsp3) is 0.364. The van der Waals surface area contributed by atoms with Gasteiger partial charge in [-0.1, -0.05) is 0 Å². The fourth-order valence-electron chi connectivity index (χ4n) is 1.62. The molecule has 0 aromatic heterocycles. The summed E-state index contributed by atoms with van der Waals surface area (Å²) < 4.78 is 22.1. The largest absolute Gasteiger partial charge is 0.339 e. The third-order valence-corrected chi connectivity index (χ3v) is 3.77. The highest BCUT2D eigenvalue weighted by Gasteiger charge is 2.30. The van der Waals surface area contributed by atoms with Crippen LogP contribution in [0.5, 0.6) is 0 Å². The van der Waals surface area contributed by atoms with Gasteiger partial charge in [0.15, 0.2) is 0 Å². The maximum Gasteiger partial charge on any atom is 0.253 e. The second-order valence-electron chi connectivity index (χ2n) is 4.22. The summed E-state index contributed by atoms with van der Waals surface area (Å²) in [6, 6.07) is 6.01. The Morgan fingerprint density at radius 2 is 1.82 bits per heavy atom. The first-order chi connectivity index (χ1) is 7.89. The molecule has 17 heavy (non-hydrogen) atoms. The van der Waals surface area contributed by atoms with Crippen LogP contribution in [0.1, 0.15) is 23.2 Å². The number of amides is 1. The molecule has 0 spiro atoms. The quantitative estimate of drug-likeness (QED) is 0.856. The van der Waals surface area contributed by atoms with Crippen molar-refractivity contribution in [2.45, 2.75) is 23.8 Å². The van der Waals surface area contributed by atoms with Gasteiger partial charge in [-0.25, -0.2) is 13.6 Å². The van der Waals surface area contributed by atoms with Gasteiger partial charge in [-0.2, -0.15) is 0 Å². The van der Waals surface area contributed by atoms with Crippen molar-refractivity contribution in [3.05, 3.63) is 29.8 Å². The molecule has 2 N–H and O–H groups in total. The molecule has 0 radical (unpaired) electrons. The molecular weight excluding hydrogens is 240 g/mol. The van der Waals surface area contributed by atoms with Gasteiger partial charge in [0.2, 0.25) is 10.0 Å². The highest BCUT2D eigenvalue weighted by molar-refractivity contribution is 7.89. The maximum absolute atomic E-state index is 11.9. The van der Waals surface area contributed by atoms with Gasteiger partial charge in [0.05, 0.1) is 4.90 Å². The van der Waals surface area contributed by atoms with Gasteiger partial charge in [0, 0.05) is 18.7 Å². The molecule has 0 heterocycles. The van der Waals surface area contributed by atoms with Crippen LogP contribution in [-0.2, 0) is 10.0 Å². The minimum Gasteiger partial charge on any atom is -0.339 e. The van der Waals surface area contributed by atoms with E-state index in [2.05, 4.69) is 0 Å². The lowest BCUT2D eigenvalue weighted by atomic mass is 10.2. The predicted octanol–water partition coefficient (Wildman–Crippen LogP) is 0.568. The van der Waals surface area contributed by atoms with Crippen LogP contribution in [0.15, 0.2) is 29.2 Å². The van der Waals surface area contributed by atoms with E-state index in [0.29, 0.717) is 11.6 Å². The van der Waals surface area contributed by atoms with Crippen LogP contribution < -0.4 is 5.14 Å². The molecule has 2 rings (SSSR count). The first-order valence-electron chi connectivity index (χ1n) is 5.29. The molecule has 1 amide bonds. The lowest BCUT2D eigenvalue weighted by Crippen LogP contribution is -2.28. The Balaban J connectivity index is 2.20. The predicted molar refractivity (Wildman–Crippen MR) is 62.9 cm³/mol. The molecule has 5 nitrogen and oxygen atoms in total. The number of hydrogen-bond acceptors (Lipinski definition) is 3. The van der Waals surface area contributed by atoms with E-state index in [1.165, 1.54) is 24.3 Å². The second kappa shape index (κ2) is 4.12. The van der Waals surface area contributed by atoms with Crippen molar-refractivity contribution in [2.75, 3.05) is 7.05 Å². The Bertz CT molecular complexity index is 532. The average Bonchev–Trinajstić information content (AvgIpc) is 3.10. The van der Waals surface area contributed by atoms with E-state index in [1.54, 1.807) is 11.9 Å². The molecule has 1 saturated carbocycles. The number of nitrogens with two attached hydrogens (primary N) is 1. The number of carbonyl (C=O) groups excluding carboxylic acids is 1. The van der Waals surface area contributed by atoms with Gasteiger partial charge in [0.25, 0.3) is 5.91 Å². The van der Waals surface area contributed by atoms with Gasteiger partial charge in [0.1, 0.15) is 0 Å². The average molecular weight is 254 g/mol. The minimum atomic E-state index is -3.69. The highest BCUT2D eigenvalue weighted by atomic mass is 32.2. The van der Waals surface area contributed by atoms with E-state index >= 15 is 0 Å². The van der Waals surface area contributed by atoms with Gasteiger partial charge >= 0.3 is 0 Å². The topological polar surface area (TPSA) is 80.5 Å². The zero-order chi connectivity index (χ0) is 12.6.